The number of aromatic nitrogens is 1. The lowest BCUT2D eigenvalue weighted by molar-refractivity contribution is -0.123. The van der Waals surface area contributed by atoms with Crippen molar-refractivity contribution in [3.8, 4) is 11.3 Å². The molecule has 1 saturated heterocycles. The average molecular weight is 351 g/mol. The number of Topliss-reactive ketones (excluding diaryl/α,β-unsaturated/α-hetero) is 1. The van der Waals surface area contributed by atoms with Crippen molar-refractivity contribution in [1.29, 1.82) is 0 Å². The van der Waals surface area contributed by atoms with E-state index in [9.17, 15) is 14.0 Å². The molecule has 26 heavy (non-hydrogen) atoms. The van der Waals surface area contributed by atoms with E-state index in [0.717, 1.165) is 16.5 Å². The monoisotopic (exact) mass is 351 g/mol. The number of aromatic amines is 1. The molecule has 0 saturated carbocycles. The molecule has 0 bridgehead atoms. The number of nitrogens with zero attached hydrogens (tertiary/aromatic N) is 1. The van der Waals surface area contributed by atoms with E-state index in [-0.39, 0.29) is 30.6 Å². The third-order valence-corrected chi connectivity index (χ3v) is 4.60. The summed E-state index contributed by atoms with van der Waals surface area (Å²) in [7, 11) is 0. The Morgan fingerprint density at radius 2 is 1.88 bits per heavy atom. The SMILES string of the molecule is O=C1CN(CC(=O)c2c(-c3ccc(F)cc3)[nH]c3ccccc23)CCN1. The Balaban J connectivity index is 1.74. The van der Waals surface area contributed by atoms with E-state index >= 15 is 0 Å². The summed E-state index contributed by atoms with van der Waals surface area (Å²) in [5.74, 6) is -0.449. The summed E-state index contributed by atoms with van der Waals surface area (Å²) in [5.41, 5.74) is 2.87. The number of H-pyrrole nitrogens is 1. The quantitative estimate of drug-likeness (QED) is 0.710. The molecule has 4 rings (SSSR count). The van der Waals surface area contributed by atoms with Gasteiger partial charge in [0.05, 0.1) is 24.3 Å². The van der Waals surface area contributed by atoms with E-state index in [2.05, 4.69) is 10.3 Å². The molecule has 1 amide bonds. The Hall–Kier alpha value is -2.99. The summed E-state index contributed by atoms with van der Waals surface area (Å²) in [5, 5.41) is 3.59. The van der Waals surface area contributed by atoms with Crippen molar-refractivity contribution >= 4 is 22.6 Å². The van der Waals surface area contributed by atoms with E-state index in [1.54, 1.807) is 12.1 Å². The topological polar surface area (TPSA) is 65.2 Å². The van der Waals surface area contributed by atoms with Crippen molar-refractivity contribution in [2.75, 3.05) is 26.2 Å². The van der Waals surface area contributed by atoms with E-state index in [1.807, 2.05) is 29.2 Å². The lowest BCUT2D eigenvalue weighted by Crippen LogP contribution is -2.49. The zero-order chi connectivity index (χ0) is 18.1. The number of benzene rings is 2. The van der Waals surface area contributed by atoms with Crippen LogP contribution in [0, 0.1) is 5.82 Å². The number of rotatable bonds is 4. The van der Waals surface area contributed by atoms with Gasteiger partial charge in [-0.25, -0.2) is 4.39 Å². The highest BCUT2D eigenvalue weighted by atomic mass is 19.1. The Kier molecular flexibility index (Phi) is 4.26. The zero-order valence-corrected chi connectivity index (χ0v) is 14.1. The first kappa shape index (κ1) is 16.5. The van der Waals surface area contributed by atoms with E-state index in [1.165, 1.54) is 12.1 Å². The maximum Gasteiger partial charge on any atom is 0.234 e. The molecule has 0 radical (unpaired) electrons. The van der Waals surface area contributed by atoms with Gasteiger partial charge in [-0.2, -0.15) is 0 Å². The number of nitrogens with one attached hydrogen (secondary N) is 2. The lowest BCUT2D eigenvalue weighted by atomic mass is 10.0. The third kappa shape index (κ3) is 3.11. The van der Waals surface area contributed by atoms with Gasteiger partial charge in [0, 0.05) is 24.0 Å². The summed E-state index contributed by atoms with van der Waals surface area (Å²) in [6, 6.07) is 13.7. The molecule has 5 nitrogen and oxygen atoms in total. The standard InChI is InChI=1S/C20H18FN3O2/c21-14-7-5-13(6-8-14)20-19(15-3-1-2-4-16(15)23-20)17(25)11-24-10-9-22-18(26)12-24/h1-8,23H,9-12H2,(H,22,26). The Bertz CT molecular complexity index is 978. The number of fused-ring (bicyclic) bond motifs is 1. The molecular formula is C20H18FN3O2. The van der Waals surface area contributed by atoms with Crippen molar-refractivity contribution in [2.24, 2.45) is 0 Å². The molecule has 1 fully saturated rings. The van der Waals surface area contributed by atoms with Gasteiger partial charge in [0.2, 0.25) is 5.91 Å². The number of halogens is 1. The Morgan fingerprint density at radius 1 is 1.12 bits per heavy atom. The summed E-state index contributed by atoms with van der Waals surface area (Å²) in [6.45, 7) is 1.58. The molecule has 0 spiro atoms. The van der Waals surface area contributed by atoms with Crippen LogP contribution in [0.15, 0.2) is 48.5 Å². The summed E-state index contributed by atoms with van der Waals surface area (Å²) in [4.78, 5) is 29.8. The highest BCUT2D eigenvalue weighted by Crippen LogP contribution is 2.31. The minimum atomic E-state index is -0.322. The number of hydrogen-bond acceptors (Lipinski definition) is 3. The Labute approximate surface area is 149 Å². The maximum absolute atomic E-state index is 13.3. The van der Waals surface area contributed by atoms with E-state index in [4.69, 9.17) is 0 Å². The molecule has 2 heterocycles. The summed E-state index contributed by atoms with van der Waals surface area (Å²) in [6.07, 6.45) is 0. The molecule has 1 aromatic heterocycles. The largest absolute Gasteiger partial charge is 0.354 e. The van der Waals surface area contributed by atoms with Crippen molar-refractivity contribution in [2.45, 2.75) is 0 Å². The van der Waals surface area contributed by atoms with Crippen LogP contribution in [0.5, 0.6) is 0 Å². The number of piperazine rings is 1. The van der Waals surface area contributed by atoms with Gasteiger partial charge in [0.15, 0.2) is 5.78 Å². The van der Waals surface area contributed by atoms with Gasteiger partial charge in [0.25, 0.3) is 0 Å². The fourth-order valence-electron chi connectivity index (χ4n) is 3.37. The van der Waals surface area contributed by atoms with E-state index < -0.39 is 0 Å². The second-order valence-electron chi connectivity index (χ2n) is 6.41. The fourth-order valence-corrected chi connectivity index (χ4v) is 3.37. The number of carbonyl (C=O) groups excluding carboxylic acids is 2. The van der Waals surface area contributed by atoms with Crippen LogP contribution in [-0.2, 0) is 4.79 Å². The normalized spacial score (nSPS) is 15.2. The van der Waals surface area contributed by atoms with Gasteiger partial charge in [0.1, 0.15) is 5.82 Å². The van der Waals surface area contributed by atoms with Crippen LogP contribution in [0.2, 0.25) is 0 Å². The zero-order valence-electron chi connectivity index (χ0n) is 14.1. The number of para-hydroxylation sites is 1. The van der Waals surface area contributed by atoms with Crippen molar-refractivity contribution in [3.63, 3.8) is 0 Å². The smallest absolute Gasteiger partial charge is 0.234 e. The predicted molar refractivity (Wildman–Crippen MR) is 97.5 cm³/mol. The van der Waals surface area contributed by atoms with Crippen LogP contribution in [0.4, 0.5) is 4.39 Å². The molecule has 2 aromatic carbocycles. The molecule has 3 aromatic rings. The highest BCUT2D eigenvalue weighted by Gasteiger charge is 2.24. The van der Waals surface area contributed by atoms with Crippen LogP contribution in [0.1, 0.15) is 10.4 Å². The number of amides is 1. The minimum Gasteiger partial charge on any atom is -0.354 e. The second-order valence-corrected chi connectivity index (χ2v) is 6.41. The third-order valence-electron chi connectivity index (χ3n) is 4.60. The van der Waals surface area contributed by atoms with Gasteiger partial charge >= 0.3 is 0 Å². The maximum atomic E-state index is 13.3. The minimum absolute atomic E-state index is 0.0588. The molecule has 2 N–H and O–H groups in total. The number of carbonyl (C=O) groups is 2. The summed E-state index contributed by atoms with van der Waals surface area (Å²) < 4.78 is 13.3. The first-order valence-corrected chi connectivity index (χ1v) is 8.51. The summed E-state index contributed by atoms with van der Waals surface area (Å²) >= 11 is 0. The van der Waals surface area contributed by atoms with Gasteiger partial charge in [-0.15, -0.1) is 0 Å². The molecular weight excluding hydrogens is 333 g/mol. The first-order chi connectivity index (χ1) is 12.6. The van der Waals surface area contributed by atoms with Gasteiger partial charge in [-0.05, 0) is 35.9 Å². The average Bonchev–Trinajstić information content (AvgIpc) is 3.02. The van der Waals surface area contributed by atoms with Gasteiger partial charge in [-0.1, -0.05) is 18.2 Å². The number of hydrogen-bond donors (Lipinski definition) is 2. The van der Waals surface area contributed by atoms with Gasteiger partial charge in [-0.3, -0.25) is 14.5 Å². The Morgan fingerprint density at radius 3 is 2.65 bits per heavy atom. The van der Waals surface area contributed by atoms with Crippen molar-refractivity contribution in [3.05, 3.63) is 59.9 Å². The van der Waals surface area contributed by atoms with Crippen molar-refractivity contribution in [1.82, 2.24) is 15.2 Å². The lowest BCUT2D eigenvalue weighted by Gasteiger charge is -2.25. The second kappa shape index (κ2) is 6.72. The van der Waals surface area contributed by atoms with Crippen LogP contribution < -0.4 is 5.32 Å². The van der Waals surface area contributed by atoms with Gasteiger partial charge < -0.3 is 10.3 Å². The molecule has 0 aliphatic carbocycles. The van der Waals surface area contributed by atoms with Crippen LogP contribution in [-0.4, -0.2) is 47.8 Å². The van der Waals surface area contributed by atoms with Crippen LogP contribution >= 0.6 is 0 Å². The van der Waals surface area contributed by atoms with Crippen molar-refractivity contribution < 1.29 is 14.0 Å². The first-order valence-electron chi connectivity index (χ1n) is 8.51. The number of ketones is 1. The molecule has 6 heteroatoms. The van der Waals surface area contributed by atoms with Crippen LogP contribution in [0.3, 0.4) is 0 Å². The highest BCUT2D eigenvalue weighted by molar-refractivity contribution is 6.14. The molecule has 0 atom stereocenters. The predicted octanol–water partition coefficient (Wildman–Crippen LogP) is 2.59. The molecule has 132 valence electrons. The molecule has 1 aliphatic rings. The van der Waals surface area contributed by atoms with Crippen LogP contribution in [0.25, 0.3) is 22.2 Å². The van der Waals surface area contributed by atoms with E-state index in [0.29, 0.717) is 24.3 Å². The fraction of sp³-hybridized carbons (Fsp3) is 0.200. The molecule has 0 unspecified atom stereocenters. The molecule has 1 aliphatic heterocycles.